The topological polar surface area (TPSA) is 33.5 Å². The molecule has 12 aromatic rings. The molecular weight excluding hydrogens is 1000 g/mol. The van der Waals surface area contributed by atoms with E-state index in [1.165, 1.54) is 26.3 Å². The summed E-state index contributed by atoms with van der Waals surface area (Å²) in [6.45, 7) is 11.2. The van der Waals surface area contributed by atoms with Gasteiger partial charge in [-0.15, -0.1) is 0 Å². The summed E-state index contributed by atoms with van der Waals surface area (Å²) in [6.07, 6.45) is 1.60. The second-order valence-corrected chi connectivity index (χ2v) is 27.2. The molecule has 14 rings (SSSR count). The molecule has 0 saturated heterocycles. The van der Waals surface area contributed by atoms with Gasteiger partial charge in [0.1, 0.15) is 24.0 Å². The molecular formula is C75H64N4OSi. The van der Waals surface area contributed by atoms with Crippen molar-refractivity contribution >= 4 is 73.4 Å². The zero-order valence-corrected chi connectivity index (χ0v) is 47.3. The fourth-order valence-corrected chi connectivity index (χ4v) is 18.2. The van der Waals surface area contributed by atoms with Crippen LogP contribution in [0.15, 0.2) is 249 Å². The fourth-order valence-electron chi connectivity index (χ4n) is 12.7. The van der Waals surface area contributed by atoms with E-state index in [2.05, 4.69) is 202 Å². The van der Waals surface area contributed by atoms with Crippen molar-refractivity contribution in [3.63, 3.8) is 0 Å². The molecule has 0 amide bonds. The summed E-state index contributed by atoms with van der Waals surface area (Å²) >= 11 is 0. The van der Waals surface area contributed by atoms with Crippen LogP contribution in [0.3, 0.4) is 0 Å². The van der Waals surface area contributed by atoms with E-state index >= 15 is 0 Å². The first-order valence-corrected chi connectivity index (χ1v) is 29.9. The lowest BCUT2D eigenvalue weighted by atomic mass is 9.85. The fraction of sp³-hybridized carbons (Fsp3) is 0.133. The minimum atomic E-state index is -3.30. The molecule has 5 nitrogen and oxygen atoms in total. The van der Waals surface area contributed by atoms with Crippen LogP contribution in [-0.4, -0.2) is 24.3 Å². The third-order valence-corrected chi connectivity index (χ3v) is 21.4. The van der Waals surface area contributed by atoms with E-state index in [-0.39, 0.29) is 34.5 Å². The van der Waals surface area contributed by atoms with Gasteiger partial charge < -0.3 is 14.5 Å². The monoisotopic (exact) mass is 1070 g/mol. The Hall–Kier alpha value is -9.23. The van der Waals surface area contributed by atoms with Crippen molar-refractivity contribution in [2.75, 3.05) is 16.5 Å². The minimum Gasteiger partial charge on any atom is -0.457 e. The van der Waals surface area contributed by atoms with Crippen molar-refractivity contribution in [3.05, 3.63) is 265 Å². The van der Waals surface area contributed by atoms with E-state index in [4.69, 9.17) is 13.8 Å². The molecule has 394 valence electrons. The Morgan fingerprint density at radius 3 is 1.89 bits per heavy atom. The first kappa shape index (κ1) is 43.6. The molecule has 0 N–H and O–H groups in total. The van der Waals surface area contributed by atoms with Gasteiger partial charge in [0.05, 0.1) is 32.2 Å². The van der Waals surface area contributed by atoms with Crippen LogP contribution in [-0.2, 0) is 10.8 Å². The Balaban J connectivity index is 1.01. The normalized spacial score (nSPS) is 14.8. The quantitative estimate of drug-likeness (QED) is 0.135. The molecule has 0 unspecified atom stereocenters. The van der Waals surface area contributed by atoms with Crippen LogP contribution in [0, 0.1) is 6.85 Å². The highest BCUT2D eigenvalue weighted by atomic mass is 28.3. The molecule has 0 spiro atoms. The van der Waals surface area contributed by atoms with Crippen LogP contribution < -0.4 is 35.3 Å². The lowest BCUT2D eigenvalue weighted by molar-refractivity contribution is 0.485. The van der Waals surface area contributed by atoms with Gasteiger partial charge in [-0.25, -0.2) is 4.98 Å². The van der Waals surface area contributed by atoms with Gasteiger partial charge in [-0.1, -0.05) is 223 Å². The number of aromatic nitrogens is 2. The Kier molecular flexibility index (Phi) is 10.4. The Morgan fingerprint density at radius 1 is 0.543 bits per heavy atom. The number of hydrogen-bond donors (Lipinski definition) is 0. The van der Waals surface area contributed by atoms with E-state index < -0.39 is 14.9 Å². The van der Waals surface area contributed by atoms with Crippen LogP contribution >= 0.6 is 0 Å². The zero-order valence-electron chi connectivity index (χ0n) is 52.3. The molecule has 6 heteroatoms. The standard InChI is InChI=1S/C75H64N4OSi/c1-50-42-43-76-69(44-50)79-63-41-40-54(75(5,6)7)46-62(63)70-66(79)48-67(71-61-34-17-20-39-68(61)81(73(70)71,57-30-13-9-14-31-57)58-32-15-10-16-33-58)80-56-29-22-28-55(47-56)77-49-78(65-38-19-18-37-64(65)77)72-59(51-24-11-8-12-25-51)35-23-36-60(72)52-26-21-27-53(45-52)74(2,3)4/h8-48H,49H2,1-7H3/i1D3,23D,35D,36D. The van der Waals surface area contributed by atoms with Gasteiger partial charge in [0.25, 0.3) is 0 Å². The summed E-state index contributed by atoms with van der Waals surface area (Å²) in [6, 6.07) is 77.4. The number of para-hydroxylation sites is 3. The first-order chi connectivity index (χ1) is 41.8. The van der Waals surface area contributed by atoms with Gasteiger partial charge in [-0.2, -0.15) is 0 Å². The number of pyridine rings is 1. The van der Waals surface area contributed by atoms with Crippen LogP contribution in [0.5, 0.6) is 11.5 Å². The zero-order chi connectivity index (χ0) is 60.3. The number of aryl methyl sites for hydroxylation is 1. The summed E-state index contributed by atoms with van der Waals surface area (Å²) in [5.41, 5.74) is 12.1. The predicted octanol–water partition coefficient (Wildman–Crippen LogP) is 16.8. The average molecular weight is 1070 g/mol. The Morgan fingerprint density at radius 2 is 1.17 bits per heavy atom. The maximum absolute atomic E-state index is 9.74. The van der Waals surface area contributed by atoms with Gasteiger partial charge in [-0.05, 0) is 120 Å². The van der Waals surface area contributed by atoms with E-state index in [1.54, 1.807) is 18.3 Å². The third kappa shape index (κ3) is 8.22. The Labute approximate surface area is 485 Å². The Bertz CT molecular complexity index is 4660. The van der Waals surface area contributed by atoms with Gasteiger partial charge in [0.15, 0.2) is 8.07 Å². The molecule has 0 saturated carbocycles. The molecule has 0 atom stereocenters. The van der Waals surface area contributed by atoms with E-state index in [0.717, 1.165) is 66.7 Å². The molecule has 10 aromatic carbocycles. The van der Waals surface area contributed by atoms with E-state index in [9.17, 15) is 4.11 Å². The van der Waals surface area contributed by atoms with Crippen molar-refractivity contribution in [1.29, 1.82) is 0 Å². The number of rotatable bonds is 9. The van der Waals surface area contributed by atoms with Crippen LogP contribution in [0.25, 0.3) is 61.0 Å². The third-order valence-electron chi connectivity index (χ3n) is 16.5. The SMILES string of the molecule is [2H]c1c([2H])c(-c2ccccc2)c(N2CN(c3cccc(Oc4cc5c(c6c4-c4ccccc4[Si]6(c4ccccc4)c4ccccc4)c4cc(C(C)(C)C)ccc4n5-c4cc(C([2H])([2H])[2H])ccn4)c3)c3ccccc32)c(-c2cccc(C(C)(C)C)c2)c1[2H]. The second kappa shape index (κ2) is 19.3. The number of ether oxygens (including phenoxy) is 1. The second-order valence-electron chi connectivity index (χ2n) is 23.5. The molecule has 2 aromatic heterocycles. The summed E-state index contributed by atoms with van der Waals surface area (Å²) in [5.74, 6) is 1.74. The largest absolute Gasteiger partial charge is 0.457 e. The summed E-state index contributed by atoms with van der Waals surface area (Å²) in [4.78, 5) is 9.46. The number of fused-ring (bicyclic) bond motifs is 8. The smallest absolute Gasteiger partial charge is 0.181 e. The lowest BCUT2D eigenvalue weighted by Gasteiger charge is -2.32. The molecule has 0 bridgehead atoms. The maximum Gasteiger partial charge on any atom is 0.181 e. The molecule has 2 aliphatic heterocycles. The van der Waals surface area contributed by atoms with Crippen molar-refractivity contribution in [2.45, 2.75) is 59.2 Å². The maximum atomic E-state index is 9.74. The molecule has 4 heterocycles. The number of benzene rings is 10. The molecule has 0 fully saturated rings. The van der Waals surface area contributed by atoms with Crippen molar-refractivity contribution in [2.24, 2.45) is 0 Å². The minimum absolute atomic E-state index is 0.000743. The first-order valence-electron chi connectivity index (χ1n) is 30.9. The van der Waals surface area contributed by atoms with Gasteiger partial charge >= 0.3 is 0 Å². The van der Waals surface area contributed by atoms with E-state index in [0.29, 0.717) is 40.8 Å². The predicted molar refractivity (Wildman–Crippen MR) is 343 cm³/mol. The highest BCUT2D eigenvalue weighted by Gasteiger charge is 2.51. The number of nitrogens with zero attached hydrogens (tertiary/aromatic N) is 4. The summed E-state index contributed by atoms with van der Waals surface area (Å²) in [5, 5.41) is 7.01. The highest BCUT2D eigenvalue weighted by molar-refractivity contribution is 7.23. The van der Waals surface area contributed by atoms with Gasteiger partial charge in [-0.3, -0.25) is 4.57 Å². The average Bonchev–Trinajstić information content (AvgIpc) is 1.53. The van der Waals surface area contributed by atoms with Gasteiger partial charge in [0, 0.05) is 55.6 Å². The molecule has 81 heavy (non-hydrogen) atoms. The number of hydrogen-bond acceptors (Lipinski definition) is 4. The molecule has 2 aliphatic rings. The van der Waals surface area contributed by atoms with Crippen molar-refractivity contribution < 1.29 is 13.0 Å². The van der Waals surface area contributed by atoms with Crippen LogP contribution in [0.2, 0.25) is 0 Å². The summed E-state index contributed by atoms with van der Waals surface area (Å²) < 4.78 is 64.2. The number of anilines is 4. The molecule has 0 aliphatic carbocycles. The molecule has 0 radical (unpaired) electrons. The lowest BCUT2D eigenvalue weighted by Crippen LogP contribution is -2.73. The van der Waals surface area contributed by atoms with Crippen molar-refractivity contribution in [1.82, 2.24) is 9.55 Å². The summed E-state index contributed by atoms with van der Waals surface area (Å²) in [7, 11) is -3.30. The van der Waals surface area contributed by atoms with Crippen LogP contribution in [0.1, 0.15) is 66.5 Å². The van der Waals surface area contributed by atoms with Crippen LogP contribution in [0.4, 0.5) is 22.7 Å². The van der Waals surface area contributed by atoms with Crippen molar-refractivity contribution in [3.8, 4) is 50.7 Å². The van der Waals surface area contributed by atoms with E-state index in [1.807, 2.05) is 66.7 Å². The highest BCUT2D eigenvalue weighted by Crippen LogP contribution is 2.52. The van der Waals surface area contributed by atoms with Gasteiger partial charge in [0.2, 0.25) is 0 Å².